The first-order chi connectivity index (χ1) is 13.3. The van der Waals surface area contributed by atoms with E-state index in [1.807, 2.05) is 64.1 Å². The molecule has 2 aromatic carbocycles. The Morgan fingerprint density at radius 2 is 1.54 bits per heavy atom. The summed E-state index contributed by atoms with van der Waals surface area (Å²) in [5.74, 6) is -0.640. The van der Waals surface area contributed by atoms with Gasteiger partial charge < -0.3 is 10.6 Å². The zero-order valence-corrected chi connectivity index (χ0v) is 16.5. The largest absolute Gasteiger partial charge is 0.322 e. The highest BCUT2D eigenvalue weighted by atomic mass is 16.2. The number of amides is 2. The second-order valence-corrected chi connectivity index (χ2v) is 6.96. The average Bonchev–Trinajstić information content (AvgIpc) is 2.67. The molecule has 5 nitrogen and oxygen atoms in total. The van der Waals surface area contributed by atoms with E-state index in [9.17, 15) is 9.59 Å². The van der Waals surface area contributed by atoms with Gasteiger partial charge in [0.2, 0.25) is 0 Å². The van der Waals surface area contributed by atoms with Gasteiger partial charge in [-0.1, -0.05) is 23.8 Å². The molecule has 0 spiro atoms. The molecule has 3 rings (SSSR count). The number of aryl methyl sites for hydroxylation is 4. The topological polar surface area (TPSA) is 71.1 Å². The number of rotatable bonds is 4. The highest BCUT2D eigenvalue weighted by Crippen LogP contribution is 2.18. The van der Waals surface area contributed by atoms with Gasteiger partial charge in [0.1, 0.15) is 5.69 Å². The van der Waals surface area contributed by atoms with Crippen molar-refractivity contribution in [2.75, 3.05) is 10.6 Å². The highest BCUT2D eigenvalue weighted by molar-refractivity contribution is 6.08. The van der Waals surface area contributed by atoms with Crippen LogP contribution in [0.5, 0.6) is 0 Å². The average molecular weight is 373 g/mol. The molecule has 0 bridgehead atoms. The van der Waals surface area contributed by atoms with Crippen LogP contribution in [-0.4, -0.2) is 16.8 Å². The minimum absolute atomic E-state index is 0.187. The molecular formula is C23H23N3O2. The van der Waals surface area contributed by atoms with E-state index in [1.54, 1.807) is 6.07 Å². The standard InChI is InChI=1S/C23H23N3O2/c1-14-5-8-20(17(4)11-14)26-22(27)18-9-10-24-21(13-18)23(28)25-19-7-6-15(2)16(3)12-19/h5-13H,1-4H3,(H,25,28)(H,26,27). The maximum absolute atomic E-state index is 12.6. The van der Waals surface area contributed by atoms with E-state index < -0.39 is 0 Å². The summed E-state index contributed by atoms with van der Waals surface area (Å²) in [4.78, 5) is 29.2. The van der Waals surface area contributed by atoms with Crippen molar-refractivity contribution in [1.82, 2.24) is 4.98 Å². The first-order valence-corrected chi connectivity index (χ1v) is 9.07. The van der Waals surface area contributed by atoms with Gasteiger partial charge in [0.25, 0.3) is 11.8 Å². The number of benzene rings is 2. The molecule has 0 atom stereocenters. The first kappa shape index (κ1) is 19.3. The zero-order chi connectivity index (χ0) is 20.3. The van der Waals surface area contributed by atoms with Crippen LogP contribution in [0, 0.1) is 27.7 Å². The molecule has 0 saturated heterocycles. The van der Waals surface area contributed by atoms with E-state index in [1.165, 1.54) is 12.3 Å². The first-order valence-electron chi connectivity index (χ1n) is 9.07. The molecule has 142 valence electrons. The van der Waals surface area contributed by atoms with Gasteiger partial charge in [0.05, 0.1) is 0 Å². The Bertz CT molecular complexity index is 1060. The number of nitrogens with zero attached hydrogens (tertiary/aromatic N) is 1. The molecule has 5 heteroatoms. The van der Waals surface area contributed by atoms with Crippen LogP contribution in [0.25, 0.3) is 0 Å². The Kier molecular flexibility index (Phi) is 5.54. The van der Waals surface area contributed by atoms with Gasteiger partial charge in [-0.05, 0) is 74.7 Å². The summed E-state index contributed by atoms with van der Waals surface area (Å²) in [5.41, 5.74) is 6.36. The summed E-state index contributed by atoms with van der Waals surface area (Å²) in [7, 11) is 0. The molecule has 0 aliphatic carbocycles. The SMILES string of the molecule is Cc1ccc(NC(=O)c2ccnc(C(=O)Nc3ccc(C)c(C)c3)c2)c(C)c1. The van der Waals surface area contributed by atoms with Gasteiger partial charge in [-0.2, -0.15) is 0 Å². The number of hydrogen-bond acceptors (Lipinski definition) is 3. The van der Waals surface area contributed by atoms with Gasteiger partial charge in [-0.15, -0.1) is 0 Å². The van der Waals surface area contributed by atoms with Gasteiger partial charge in [0.15, 0.2) is 0 Å². The van der Waals surface area contributed by atoms with Crippen molar-refractivity contribution in [3.05, 3.63) is 88.2 Å². The Labute approximate surface area is 164 Å². The number of hydrogen-bond donors (Lipinski definition) is 2. The van der Waals surface area contributed by atoms with Crippen molar-refractivity contribution in [3.8, 4) is 0 Å². The van der Waals surface area contributed by atoms with Gasteiger partial charge in [-0.3, -0.25) is 14.6 Å². The fourth-order valence-electron chi connectivity index (χ4n) is 2.86. The molecule has 2 N–H and O–H groups in total. The summed E-state index contributed by atoms with van der Waals surface area (Å²) < 4.78 is 0. The number of carbonyl (C=O) groups excluding carboxylic acids is 2. The smallest absolute Gasteiger partial charge is 0.274 e. The van der Waals surface area contributed by atoms with Crippen LogP contribution < -0.4 is 10.6 Å². The molecule has 3 aromatic rings. The van der Waals surface area contributed by atoms with E-state index in [0.29, 0.717) is 11.3 Å². The number of pyridine rings is 1. The molecular weight excluding hydrogens is 350 g/mol. The van der Waals surface area contributed by atoms with Crippen molar-refractivity contribution < 1.29 is 9.59 Å². The van der Waals surface area contributed by atoms with Crippen LogP contribution in [0.3, 0.4) is 0 Å². The van der Waals surface area contributed by atoms with Crippen LogP contribution in [0.2, 0.25) is 0 Å². The van der Waals surface area contributed by atoms with Crippen LogP contribution in [0.1, 0.15) is 43.1 Å². The summed E-state index contributed by atoms with van der Waals surface area (Å²) >= 11 is 0. The van der Waals surface area contributed by atoms with Crippen molar-refractivity contribution in [2.24, 2.45) is 0 Å². The van der Waals surface area contributed by atoms with Gasteiger partial charge in [0, 0.05) is 23.1 Å². The lowest BCUT2D eigenvalue weighted by Gasteiger charge is -2.10. The van der Waals surface area contributed by atoms with Gasteiger partial charge in [-0.25, -0.2) is 0 Å². The minimum atomic E-state index is -0.357. The van der Waals surface area contributed by atoms with Crippen molar-refractivity contribution in [2.45, 2.75) is 27.7 Å². The lowest BCUT2D eigenvalue weighted by molar-refractivity contribution is 0.102. The summed E-state index contributed by atoms with van der Waals surface area (Å²) in [6.45, 7) is 7.95. The van der Waals surface area contributed by atoms with E-state index in [4.69, 9.17) is 0 Å². The fourth-order valence-corrected chi connectivity index (χ4v) is 2.86. The Morgan fingerprint density at radius 1 is 0.750 bits per heavy atom. The van der Waals surface area contributed by atoms with E-state index in [-0.39, 0.29) is 17.5 Å². The zero-order valence-electron chi connectivity index (χ0n) is 16.5. The lowest BCUT2D eigenvalue weighted by Crippen LogP contribution is -2.17. The second kappa shape index (κ2) is 8.05. The van der Waals surface area contributed by atoms with Crippen molar-refractivity contribution in [1.29, 1.82) is 0 Å². The quantitative estimate of drug-likeness (QED) is 0.689. The van der Waals surface area contributed by atoms with E-state index >= 15 is 0 Å². The molecule has 1 aromatic heterocycles. The number of carbonyl (C=O) groups is 2. The number of anilines is 2. The summed E-state index contributed by atoms with van der Waals surface area (Å²) in [5, 5.41) is 5.71. The predicted molar refractivity (Wildman–Crippen MR) is 112 cm³/mol. The van der Waals surface area contributed by atoms with Crippen LogP contribution in [0.15, 0.2) is 54.7 Å². The molecule has 0 saturated carbocycles. The maximum atomic E-state index is 12.6. The molecule has 1 heterocycles. The van der Waals surface area contributed by atoms with Crippen molar-refractivity contribution in [3.63, 3.8) is 0 Å². The minimum Gasteiger partial charge on any atom is -0.322 e. The molecule has 0 aliphatic rings. The van der Waals surface area contributed by atoms with Crippen LogP contribution >= 0.6 is 0 Å². The molecule has 28 heavy (non-hydrogen) atoms. The van der Waals surface area contributed by atoms with E-state index in [2.05, 4.69) is 15.6 Å². The maximum Gasteiger partial charge on any atom is 0.274 e. The summed E-state index contributed by atoms with van der Waals surface area (Å²) in [6.07, 6.45) is 1.46. The number of nitrogens with one attached hydrogen (secondary N) is 2. The van der Waals surface area contributed by atoms with Gasteiger partial charge >= 0.3 is 0 Å². The molecule has 0 aliphatic heterocycles. The molecule has 2 amide bonds. The molecule has 0 radical (unpaired) electrons. The second-order valence-electron chi connectivity index (χ2n) is 6.96. The van der Waals surface area contributed by atoms with Crippen LogP contribution in [-0.2, 0) is 0 Å². The summed E-state index contributed by atoms with van der Waals surface area (Å²) in [6, 6.07) is 14.6. The highest BCUT2D eigenvalue weighted by Gasteiger charge is 2.13. The van der Waals surface area contributed by atoms with E-state index in [0.717, 1.165) is 27.9 Å². The third kappa shape index (κ3) is 4.43. The Morgan fingerprint density at radius 3 is 2.25 bits per heavy atom. The Balaban J connectivity index is 1.76. The predicted octanol–water partition coefficient (Wildman–Crippen LogP) is 4.82. The normalized spacial score (nSPS) is 10.4. The Hall–Kier alpha value is -3.47. The van der Waals surface area contributed by atoms with Crippen molar-refractivity contribution >= 4 is 23.2 Å². The number of aromatic nitrogens is 1. The molecule has 0 unspecified atom stereocenters. The fraction of sp³-hybridized carbons (Fsp3) is 0.174. The molecule has 0 fully saturated rings. The van der Waals surface area contributed by atoms with Crippen LogP contribution in [0.4, 0.5) is 11.4 Å². The lowest BCUT2D eigenvalue weighted by atomic mass is 10.1. The third-order valence-electron chi connectivity index (χ3n) is 4.65. The monoisotopic (exact) mass is 373 g/mol. The third-order valence-corrected chi connectivity index (χ3v) is 4.65.